The summed E-state index contributed by atoms with van der Waals surface area (Å²) in [5.41, 5.74) is 1.90. The minimum atomic E-state index is -3.45. The van der Waals surface area contributed by atoms with Gasteiger partial charge in [0.2, 0.25) is 21.7 Å². The lowest BCUT2D eigenvalue weighted by molar-refractivity contribution is 0.209. The molecule has 1 aromatic carbocycles. The number of rotatable bonds is 5. The van der Waals surface area contributed by atoms with Crippen LogP contribution in [0.15, 0.2) is 50.4 Å². The molecule has 2 aromatic heterocycles. The minimum Gasteiger partial charge on any atom is -0.461 e. The van der Waals surface area contributed by atoms with E-state index in [9.17, 15) is 8.42 Å². The first-order valence-electron chi connectivity index (χ1n) is 8.57. The van der Waals surface area contributed by atoms with Crippen LogP contribution in [0.25, 0.3) is 11.6 Å². The van der Waals surface area contributed by atoms with Crippen LogP contribution in [0.3, 0.4) is 0 Å². The largest absolute Gasteiger partial charge is 0.461 e. The van der Waals surface area contributed by atoms with Crippen LogP contribution in [0, 0.1) is 0 Å². The molecule has 0 aliphatic carbocycles. The predicted octanol–water partition coefficient (Wildman–Crippen LogP) is 2.14. The van der Waals surface area contributed by atoms with Crippen LogP contribution in [0.5, 0.6) is 0 Å². The van der Waals surface area contributed by atoms with Crippen molar-refractivity contribution in [1.82, 2.24) is 19.3 Å². The molecule has 1 aliphatic heterocycles. The van der Waals surface area contributed by atoms with Crippen molar-refractivity contribution in [3.63, 3.8) is 0 Å². The Morgan fingerprint density at radius 2 is 2.07 bits per heavy atom. The van der Waals surface area contributed by atoms with Crippen molar-refractivity contribution in [2.24, 2.45) is 0 Å². The molecule has 3 aromatic rings. The van der Waals surface area contributed by atoms with Gasteiger partial charge in [0.05, 0.1) is 17.7 Å². The van der Waals surface area contributed by atoms with Gasteiger partial charge >= 0.3 is 0 Å². The van der Waals surface area contributed by atoms with Gasteiger partial charge in [0.1, 0.15) is 0 Å². The molecule has 3 heterocycles. The summed E-state index contributed by atoms with van der Waals surface area (Å²) >= 11 is 0. The summed E-state index contributed by atoms with van der Waals surface area (Å²) in [6, 6.07) is 8.99. The zero-order chi connectivity index (χ0) is 19.0. The molecule has 4 rings (SSSR count). The van der Waals surface area contributed by atoms with E-state index >= 15 is 0 Å². The van der Waals surface area contributed by atoms with Gasteiger partial charge in [0, 0.05) is 27.2 Å². The summed E-state index contributed by atoms with van der Waals surface area (Å²) in [6.07, 6.45) is 2.21. The van der Waals surface area contributed by atoms with Gasteiger partial charge in [-0.1, -0.05) is 17.3 Å². The molecule has 0 atom stereocenters. The van der Waals surface area contributed by atoms with Gasteiger partial charge in [0.25, 0.3) is 0 Å². The quantitative estimate of drug-likeness (QED) is 0.661. The Morgan fingerprint density at radius 3 is 2.81 bits per heavy atom. The topological polar surface area (TPSA) is 92.7 Å². The summed E-state index contributed by atoms with van der Waals surface area (Å²) in [4.78, 5) is 6.92. The maximum Gasteiger partial charge on any atom is 0.242 e. The SMILES string of the molecule is CN(C)S(=O)(=O)c1cccc2c1CCN(Cc1nc(-c3ccco3)no1)C2. The molecule has 27 heavy (non-hydrogen) atoms. The van der Waals surface area contributed by atoms with Gasteiger partial charge in [-0.05, 0) is 35.7 Å². The van der Waals surface area contributed by atoms with Gasteiger partial charge < -0.3 is 8.94 Å². The van der Waals surface area contributed by atoms with E-state index in [4.69, 9.17) is 8.94 Å². The van der Waals surface area contributed by atoms with Crippen LogP contribution in [-0.4, -0.2) is 48.4 Å². The summed E-state index contributed by atoms with van der Waals surface area (Å²) in [5, 5.41) is 3.94. The lowest BCUT2D eigenvalue weighted by Gasteiger charge is -2.29. The Labute approximate surface area is 157 Å². The van der Waals surface area contributed by atoms with E-state index in [1.807, 2.05) is 6.07 Å². The molecule has 0 amide bonds. The third-order valence-corrected chi connectivity index (χ3v) is 6.53. The van der Waals surface area contributed by atoms with Crippen molar-refractivity contribution in [3.8, 4) is 11.6 Å². The molecule has 8 nitrogen and oxygen atoms in total. The van der Waals surface area contributed by atoms with Crippen LogP contribution in [0.1, 0.15) is 17.0 Å². The van der Waals surface area contributed by atoms with Crippen LogP contribution >= 0.6 is 0 Å². The van der Waals surface area contributed by atoms with Crippen molar-refractivity contribution < 1.29 is 17.4 Å². The molecular formula is C18H20N4O4S. The predicted molar refractivity (Wildman–Crippen MR) is 97.1 cm³/mol. The third-order valence-electron chi connectivity index (χ3n) is 4.63. The van der Waals surface area contributed by atoms with Crippen LogP contribution < -0.4 is 0 Å². The highest BCUT2D eigenvalue weighted by atomic mass is 32.2. The highest BCUT2D eigenvalue weighted by molar-refractivity contribution is 7.89. The summed E-state index contributed by atoms with van der Waals surface area (Å²) in [7, 11) is -0.350. The zero-order valence-corrected chi connectivity index (χ0v) is 15.9. The van der Waals surface area contributed by atoms with E-state index < -0.39 is 10.0 Å². The third kappa shape index (κ3) is 3.41. The van der Waals surface area contributed by atoms with Gasteiger partial charge in [0.15, 0.2) is 5.76 Å². The molecule has 142 valence electrons. The highest BCUT2D eigenvalue weighted by Crippen LogP contribution is 2.28. The van der Waals surface area contributed by atoms with E-state index in [1.54, 1.807) is 44.6 Å². The Hall–Kier alpha value is -2.49. The smallest absolute Gasteiger partial charge is 0.242 e. The molecular weight excluding hydrogens is 368 g/mol. The lowest BCUT2D eigenvalue weighted by atomic mass is 10.00. The number of hydrogen-bond acceptors (Lipinski definition) is 7. The fourth-order valence-electron chi connectivity index (χ4n) is 3.22. The molecule has 1 aliphatic rings. The van der Waals surface area contributed by atoms with Crippen molar-refractivity contribution in [2.75, 3.05) is 20.6 Å². The molecule has 0 saturated carbocycles. The number of furan rings is 1. The Bertz CT molecular complexity index is 1040. The van der Waals surface area contributed by atoms with E-state index in [2.05, 4.69) is 15.0 Å². The summed E-state index contributed by atoms with van der Waals surface area (Å²) in [5.74, 6) is 1.49. The second-order valence-electron chi connectivity index (χ2n) is 6.63. The number of aromatic nitrogens is 2. The zero-order valence-electron chi connectivity index (χ0n) is 15.1. The molecule has 9 heteroatoms. The van der Waals surface area contributed by atoms with Crippen molar-refractivity contribution in [1.29, 1.82) is 0 Å². The second kappa shape index (κ2) is 6.91. The molecule has 0 bridgehead atoms. The Kier molecular flexibility index (Phi) is 4.58. The maximum absolute atomic E-state index is 12.6. The number of benzene rings is 1. The van der Waals surface area contributed by atoms with Crippen LogP contribution in [-0.2, 0) is 29.5 Å². The molecule has 0 fully saturated rings. The Balaban J connectivity index is 1.53. The molecule has 0 radical (unpaired) electrons. The molecule has 0 unspecified atom stereocenters. The number of fused-ring (bicyclic) bond motifs is 1. The van der Waals surface area contributed by atoms with Crippen molar-refractivity contribution in [2.45, 2.75) is 24.4 Å². The van der Waals surface area contributed by atoms with Gasteiger partial charge in [-0.3, -0.25) is 4.90 Å². The first-order chi connectivity index (χ1) is 12.9. The van der Waals surface area contributed by atoms with Gasteiger partial charge in [-0.2, -0.15) is 4.98 Å². The molecule has 0 saturated heterocycles. The number of sulfonamides is 1. The highest BCUT2D eigenvalue weighted by Gasteiger charge is 2.27. The van der Waals surface area contributed by atoms with E-state index in [1.165, 1.54) is 4.31 Å². The lowest BCUT2D eigenvalue weighted by Crippen LogP contribution is -2.32. The molecule has 0 spiro atoms. The summed E-state index contributed by atoms with van der Waals surface area (Å²) in [6.45, 7) is 1.84. The normalized spacial score (nSPS) is 15.2. The Morgan fingerprint density at radius 1 is 1.22 bits per heavy atom. The van der Waals surface area contributed by atoms with Crippen molar-refractivity contribution >= 4 is 10.0 Å². The van der Waals surface area contributed by atoms with Gasteiger partial charge in [-0.25, -0.2) is 12.7 Å². The summed E-state index contributed by atoms with van der Waals surface area (Å²) < 4.78 is 37.0. The molecule has 0 N–H and O–H groups in total. The second-order valence-corrected chi connectivity index (χ2v) is 8.75. The first kappa shape index (κ1) is 17.9. The van der Waals surface area contributed by atoms with E-state index in [0.717, 1.165) is 11.1 Å². The fraction of sp³-hybridized carbons (Fsp3) is 0.333. The van der Waals surface area contributed by atoms with Crippen LogP contribution in [0.4, 0.5) is 0 Å². The van der Waals surface area contributed by atoms with Crippen LogP contribution in [0.2, 0.25) is 0 Å². The first-order valence-corrected chi connectivity index (χ1v) is 10.0. The maximum atomic E-state index is 12.6. The van der Waals surface area contributed by atoms with Crippen molar-refractivity contribution in [3.05, 3.63) is 53.6 Å². The average Bonchev–Trinajstić information content (AvgIpc) is 3.32. The van der Waals surface area contributed by atoms with Gasteiger partial charge in [-0.15, -0.1) is 0 Å². The monoisotopic (exact) mass is 388 g/mol. The standard InChI is InChI=1S/C18H20N4O4S/c1-21(2)27(23,24)16-7-3-5-13-11-22(9-8-14(13)16)12-17-19-18(20-26-17)15-6-4-10-25-15/h3-7,10H,8-9,11-12H2,1-2H3. The average molecular weight is 388 g/mol. The number of hydrogen-bond donors (Lipinski definition) is 0. The fourth-order valence-corrected chi connectivity index (χ4v) is 4.41. The van der Waals surface area contributed by atoms with E-state index in [-0.39, 0.29) is 0 Å². The minimum absolute atomic E-state index is 0.391. The number of nitrogens with zero attached hydrogens (tertiary/aromatic N) is 4. The van der Waals surface area contributed by atoms with E-state index in [0.29, 0.717) is 48.4 Å².